The van der Waals surface area contributed by atoms with Crippen LogP contribution in [0.3, 0.4) is 0 Å². The third kappa shape index (κ3) is 3.63. The second-order valence-corrected chi connectivity index (χ2v) is 3.48. The first-order chi connectivity index (χ1) is 5.83. The quantitative estimate of drug-likeness (QED) is 0.438. The molecule has 1 heterocycles. The summed E-state index contributed by atoms with van der Waals surface area (Å²) in [5.41, 5.74) is 0. The molecule has 0 aromatic rings. The van der Waals surface area contributed by atoms with Gasteiger partial charge in [-0.05, 0) is 12.2 Å². The minimum Gasteiger partial charge on any atom is -1.00 e. The molecule has 0 unspecified atom stereocenters. The Labute approximate surface area is 91.7 Å². The molecular formula is C10H19BrN2. The number of quaternary nitrogens is 1. The van der Waals surface area contributed by atoms with Crippen molar-refractivity contribution in [1.29, 1.82) is 0 Å². The highest BCUT2D eigenvalue weighted by atomic mass is 79.9. The number of rotatable bonds is 4. The van der Waals surface area contributed by atoms with Crippen molar-refractivity contribution in [3.63, 3.8) is 0 Å². The lowest BCUT2D eigenvalue weighted by molar-refractivity contribution is -0.918. The van der Waals surface area contributed by atoms with E-state index >= 15 is 0 Å². The van der Waals surface area contributed by atoms with Gasteiger partial charge in [0.15, 0.2) is 0 Å². The predicted octanol–water partition coefficient (Wildman–Crippen LogP) is -2.22. The molecule has 1 aliphatic heterocycles. The fraction of sp³-hybridized carbons (Fsp3) is 0.600. The lowest BCUT2D eigenvalue weighted by atomic mass is 10.2. The van der Waals surface area contributed by atoms with Crippen molar-refractivity contribution in [3.8, 4) is 0 Å². The summed E-state index contributed by atoms with van der Waals surface area (Å²) in [5.74, 6) is 0. The molecule has 1 aliphatic rings. The van der Waals surface area contributed by atoms with Crippen molar-refractivity contribution in [2.45, 2.75) is 0 Å². The van der Waals surface area contributed by atoms with Gasteiger partial charge in [0.2, 0.25) is 0 Å². The highest BCUT2D eigenvalue weighted by Crippen LogP contribution is 2.08. The van der Waals surface area contributed by atoms with Gasteiger partial charge >= 0.3 is 0 Å². The van der Waals surface area contributed by atoms with E-state index in [1.54, 1.807) is 0 Å². The summed E-state index contributed by atoms with van der Waals surface area (Å²) in [6.07, 6.45) is 4.05. The minimum absolute atomic E-state index is 0. The number of nitrogens with zero attached hydrogens (tertiary/aromatic N) is 1. The molecule has 1 saturated heterocycles. The molecule has 76 valence electrons. The van der Waals surface area contributed by atoms with Crippen LogP contribution in [0.4, 0.5) is 0 Å². The van der Waals surface area contributed by atoms with Gasteiger partial charge in [-0.3, -0.25) is 0 Å². The molecule has 0 radical (unpaired) electrons. The van der Waals surface area contributed by atoms with Gasteiger partial charge in [-0.15, -0.1) is 0 Å². The lowest BCUT2D eigenvalue weighted by Gasteiger charge is -2.40. The van der Waals surface area contributed by atoms with Gasteiger partial charge in [-0.1, -0.05) is 13.2 Å². The summed E-state index contributed by atoms with van der Waals surface area (Å²) in [4.78, 5) is 0. The van der Waals surface area contributed by atoms with Crippen LogP contribution in [0.2, 0.25) is 0 Å². The van der Waals surface area contributed by atoms with Gasteiger partial charge in [-0.25, -0.2) is 0 Å². The van der Waals surface area contributed by atoms with Crippen molar-refractivity contribution < 1.29 is 21.5 Å². The van der Waals surface area contributed by atoms with E-state index in [4.69, 9.17) is 0 Å². The van der Waals surface area contributed by atoms with Crippen molar-refractivity contribution in [1.82, 2.24) is 5.32 Å². The Morgan fingerprint density at radius 3 is 1.92 bits per heavy atom. The van der Waals surface area contributed by atoms with Crippen LogP contribution in [-0.2, 0) is 0 Å². The summed E-state index contributed by atoms with van der Waals surface area (Å²) in [6, 6.07) is 0. The Morgan fingerprint density at radius 2 is 1.54 bits per heavy atom. The number of hydrogen-bond acceptors (Lipinski definition) is 1. The van der Waals surface area contributed by atoms with Gasteiger partial charge in [0.1, 0.15) is 0 Å². The summed E-state index contributed by atoms with van der Waals surface area (Å²) >= 11 is 0. The maximum absolute atomic E-state index is 3.81. The van der Waals surface area contributed by atoms with E-state index in [2.05, 4.69) is 18.5 Å². The van der Waals surface area contributed by atoms with E-state index in [1.807, 2.05) is 12.2 Å². The SMILES string of the molecule is C=CC[N+]1(CC=C)CCNCC1.[Br-]. The Morgan fingerprint density at radius 1 is 1.08 bits per heavy atom. The average Bonchev–Trinajstić information content (AvgIpc) is 2.07. The lowest BCUT2D eigenvalue weighted by Crippen LogP contribution is -3.00. The first kappa shape index (κ1) is 12.9. The van der Waals surface area contributed by atoms with E-state index < -0.39 is 0 Å². The Bertz CT molecular complexity index is 150. The second kappa shape index (κ2) is 6.35. The first-order valence-corrected chi connectivity index (χ1v) is 4.61. The Kier molecular flexibility index (Phi) is 6.29. The third-order valence-corrected chi connectivity index (χ3v) is 2.56. The summed E-state index contributed by atoms with van der Waals surface area (Å²) in [5, 5.41) is 3.37. The molecular weight excluding hydrogens is 228 g/mol. The molecule has 0 aromatic carbocycles. The van der Waals surface area contributed by atoms with Crippen LogP contribution in [0.5, 0.6) is 0 Å². The molecule has 2 nitrogen and oxygen atoms in total. The number of hydrogen-bond donors (Lipinski definition) is 1. The fourth-order valence-corrected chi connectivity index (χ4v) is 1.86. The topological polar surface area (TPSA) is 12.0 Å². The highest BCUT2D eigenvalue weighted by Gasteiger charge is 2.26. The van der Waals surface area contributed by atoms with Crippen LogP contribution in [0.1, 0.15) is 0 Å². The summed E-state index contributed by atoms with van der Waals surface area (Å²) < 4.78 is 1.14. The van der Waals surface area contributed by atoms with Crippen LogP contribution in [0, 0.1) is 0 Å². The van der Waals surface area contributed by atoms with Crippen LogP contribution >= 0.6 is 0 Å². The maximum atomic E-state index is 3.81. The number of piperazine rings is 1. The smallest absolute Gasteiger partial charge is 0.0974 e. The van der Waals surface area contributed by atoms with Crippen molar-refractivity contribution in [2.24, 2.45) is 0 Å². The van der Waals surface area contributed by atoms with Crippen LogP contribution in [0.15, 0.2) is 25.3 Å². The van der Waals surface area contributed by atoms with E-state index in [9.17, 15) is 0 Å². The fourth-order valence-electron chi connectivity index (χ4n) is 1.86. The minimum atomic E-state index is 0. The molecule has 0 bridgehead atoms. The van der Waals surface area contributed by atoms with Crippen LogP contribution < -0.4 is 22.3 Å². The average molecular weight is 247 g/mol. The van der Waals surface area contributed by atoms with Gasteiger partial charge < -0.3 is 26.8 Å². The largest absolute Gasteiger partial charge is 1.00 e. The zero-order valence-electron chi connectivity index (χ0n) is 8.14. The highest BCUT2D eigenvalue weighted by molar-refractivity contribution is 4.74. The molecule has 0 spiro atoms. The van der Waals surface area contributed by atoms with Crippen molar-refractivity contribution in [2.75, 3.05) is 39.3 Å². The second-order valence-electron chi connectivity index (χ2n) is 3.48. The molecule has 13 heavy (non-hydrogen) atoms. The van der Waals surface area contributed by atoms with Crippen molar-refractivity contribution >= 4 is 0 Å². The predicted molar refractivity (Wildman–Crippen MR) is 53.0 cm³/mol. The van der Waals surface area contributed by atoms with E-state index in [-0.39, 0.29) is 17.0 Å². The van der Waals surface area contributed by atoms with Crippen molar-refractivity contribution in [3.05, 3.63) is 25.3 Å². The zero-order chi connectivity index (χ0) is 8.86. The van der Waals surface area contributed by atoms with E-state index in [1.165, 1.54) is 13.1 Å². The Hall–Kier alpha value is -0.120. The maximum Gasteiger partial charge on any atom is 0.0974 e. The van der Waals surface area contributed by atoms with Crippen LogP contribution in [-0.4, -0.2) is 43.8 Å². The standard InChI is InChI=1S/C10H19N2.BrH/c1-3-7-12(8-4-2)9-5-11-6-10-12;/h3-4,11H,1-2,5-10H2;1H/q+1;/p-1. The van der Waals surface area contributed by atoms with Gasteiger partial charge in [0, 0.05) is 13.1 Å². The van der Waals surface area contributed by atoms with Gasteiger partial charge in [-0.2, -0.15) is 0 Å². The third-order valence-electron chi connectivity index (χ3n) is 2.56. The normalized spacial score (nSPS) is 20.0. The first-order valence-electron chi connectivity index (χ1n) is 4.61. The molecule has 0 saturated carbocycles. The number of nitrogens with one attached hydrogen (secondary N) is 1. The summed E-state index contributed by atoms with van der Waals surface area (Å²) in [6.45, 7) is 14.4. The van der Waals surface area contributed by atoms with E-state index in [0.717, 1.165) is 30.7 Å². The Balaban J connectivity index is 0.00000144. The van der Waals surface area contributed by atoms with Crippen LogP contribution in [0.25, 0.3) is 0 Å². The molecule has 1 N–H and O–H groups in total. The summed E-state index contributed by atoms with van der Waals surface area (Å²) in [7, 11) is 0. The molecule has 1 rings (SSSR count). The zero-order valence-corrected chi connectivity index (χ0v) is 9.72. The molecule has 0 amide bonds. The number of halogens is 1. The molecule has 0 aliphatic carbocycles. The molecule has 0 atom stereocenters. The monoisotopic (exact) mass is 246 g/mol. The van der Waals surface area contributed by atoms with E-state index in [0.29, 0.717) is 0 Å². The molecule has 3 heteroatoms. The van der Waals surface area contributed by atoms with Gasteiger partial charge in [0.05, 0.1) is 26.2 Å². The molecule has 0 aromatic heterocycles. The van der Waals surface area contributed by atoms with Gasteiger partial charge in [0.25, 0.3) is 0 Å². The molecule has 1 fully saturated rings.